The molecule has 0 spiro atoms. The highest BCUT2D eigenvalue weighted by Gasteiger charge is 2.17. The van der Waals surface area contributed by atoms with Crippen LogP contribution in [-0.2, 0) is 23.8 Å². The molecular formula is C59H94O5. The first kappa shape index (κ1) is 60.0. The molecule has 0 saturated carbocycles. The zero-order valence-corrected chi connectivity index (χ0v) is 41.2. The van der Waals surface area contributed by atoms with Gasteiger partial charge in [0.1, 0.15) is 6.61 Å². The lowest BCUT2D eigenvalue weighted by Gasteiger charge is -2.18. The standard InChI is InChI=1S/C59H94O5/c1-4-7-10-13-16-19-22-25-28-30-32-34-37-40-43-46-49-52-58(60)63-56-57(55-62-54-51-48-45-42-39-36-33-29-26-23-20-17-14-11-8-5-2)64-59(61)53-50-47-44-41-38-35-31-27-24-21-18-15-12-9-6-3/h7,9-10,12,16,18-19,21,25-29,31-32,34,38,40-41,43,47,50,57H,4-6,8,11,13-15,17,20,22-24,30,33,35-37,39,42,44-46,48-49,51-56H2,1-3H3/b10-7-,12-9-,19-16-,21-18-,28-25-,29-26-,31-27-,34-32-,41-38-,43-40-,50-47-. The average Bonchev–Trinajstić information content (AvgIpc) is 3.30. The summed E-state index contributed by atoms with van der Waals surface area (Å²) in [7, 11) is 0. The van der Waals surface area contributed by atoms with Crippen molar-refractivity contribution in [3.8, 4) is 0 Å². The van der Waals surface area contributed by atoms with Crippen LogP contribution in [0.3, 0.4) is 0 Å². The van der Waals surface area contributed by atoms with Gasteiger partial charge in [-0.3, -0.25) is 9.59 Å². The van der Waals surface area contributed by atoms with Crippen LogP contribution in [0.15, 0.2) is 134 Å². The Kier molecular flexibility index (Phi) is 50.1. The van der Waals surface area contributed by atoms with Gasteiger partial charge >= 0.3 is 11.9 Å². The lowest BCUT2D eigenvalue weighted by atomic mass is 10.1. The molecule has 0 aromatic heterocycles. The smallest absolute Gasteiger partial charge is 0.310 e. The quantitative estimate of drug-likeness (QED) is 0.0346. The Morgan fingerprint density at radius 2 is 0.750 bits per heavy atom. The number of ether oxygens (including phenoxy) is 3. The summed E-state index contributed by atoms with van der Waals surface area (Å²) in [5.41, 5.74) is 0. The van der Waals surface area contributed by atoms with Crippen molar-refractivity contribution in [2.75, 3.05) is 19.8 Å². The topological polar surface area (TPSA) is 61.8 Å². The van der Waals surface area contributed by atoms with E-state index in [1.54, 1.807) is 0 Å². The highest BCUT2D eigenvalue weighted by atomic mass is 16.6. The van der Waals surface area contributed by atoms with Crippen LogP contribution in [0.25, 0.3) is 0 Å². The molecule has 0 heterocycles. The van der Waals surface area contributed by atoms with E-state index in [2.05, 4.69) is 142 Å². The maximum absolute atomic E-state index is 12.7. The van der Waals surface area contributed by atoms with Gasteiger partial charge in [0.05, 0.1) is 13.0 Å². The molecule has 1 atom stereocenters. The van der Waals surface area contributed by atoms with E-state index >= 15 is 0 Å². The van der Waals surface area contributed by atoms with E-state index in [-0.39, 0.29) is 31.6 Å². The van der Waals surface area contributed by atoms with Gasteiger partial charge in [-0.15, -0.1) is 0 Å². The minimum Gasteiger partial charge on any atom is -0.462 e. The van der Waals surface area contributed by atoms with E-state index in [0.29, 0.717) is 19.4 Å². The molecule has 0 fully saturated rings. The minimum atomic E-state index is -0.626. The van der Waals surface area contributed by atoms with Crippen LogP contribution in [0.1, 0.15) is 201 Å². The molecule has 0 bridgehead atoms. The molecule has 64 heavy (non-hydrogen) atoms. The SMILES string of the molecule is CC/C=C\C/C=C\C/C=C\C/C=C\C/C=C\CCCC(=O)OCC(COCCCCCCCC/C=C\CCCCCCCC)OC(=O)C/C=C\C/C=C\C/C=C\C/C=C\C/C=C\CC. The molecule has 0 aliphatic heterocycles. The first-order valence-electron chi connectivity index (χ1n) is 25.7. The first-order chi connectivity index (χ1) is 31.6. The van der Waals surface area contributed by atoms with Crippen molar-refractivity contribution in [2.24, 2.45) is 0 Å². The highest BCUT2D eigenvalue weighted by Crippen LogP contribution is 2.11. The van der Waals surface area contributed by atoms with Crippen molar-refractivity contribution in [3.05, 3.63) is 134 Å². The van der Waals surface area contributed by atoms with Crippen molar-refractivity contribution in [1.29, 1.82) is 0 Å². The van der Waals surface area contributed by atoms with Crippen molar-refractivity contribution in [2.45, 2.75) is 207 Å². The lowest BCUT2D eigenvalue weighted by Crippen LogP contribution is -2.29. The summed E-state index contributed by atoms with van der Waals surface area (Å²) >= 11 is 0. The Balaban J connectivity index is 4.52. The second kappa shape index (κ2) is 53.4. The van der Waals surface area contributed by atoms with E-state index < -0.39 is 6.10 Å². The van der Waals surface area contributed by atoms with Gasteiger partial charge in [-0.05, 0) is 109 Å². The average molecular weight is 883 g/mol. The molecule has 1 unspecified atom stereocenters. The molecule has 0 amide bonds. The number of carbonyl (C=O) groups is 2. The van der Waals surface area contributed by atoms with Crippen molar-refractivity contribution < 1.29 is 23.8 Å². The number of allylic oxidation sites excluding steroid dienone is 21. The third-order valence-electron chi connectivity index (χ3n) is 10.2. The fourth-order valence-electron chi connectivity index (χ4n) is 6.44. The van der Waals surface area contributed by atoms with Crippen LogP contribution in [-0.4, -0.2) is 37.9 Å². The van der Waals surface area contributed by atoms with Gasteiger partial charge in [0, 0.05) is 13.0 Å². The molecule has 0 rings (SSSR count). The Morgan fingerprint density at radius 1 is 0.375 bits per heavy atom. The van der Waals surface area contributed by atoms with E-state index in [9.17, 15) is 9.59 Å². The van der Waals surface area contributed by atoms with Crippen LogP contribution in [0, 0.1) is 0 Å². The molecule has 0 radical (unpaired) electrons. The summed E-state index contributed by atoms with van der Waals surface area (Å²) in [4.78, 5) is 25.3. The normalized spacial score (nSPS) is 13.4. The number of esters is 2. The van der Waals surface area contributed by atoms with E-state index in [1.807, 2.05) is 12.2 Å². The van der Waals surface area contributed by atoms with Gasteiger partial charge in [0.2, 0.25) is 0 Å². The number of unbranched alkanes of at least 4 members (excludes halogenated alkanes) is 13. The van der Waals surface area contributed by atoms with Crippen molar-refractivity contribution in [3.63, 3.8) is 0 Å². The second-order valence-electron chi connectivity index (χ2n) is 16.3. The molecule has 0 aliphatic rings. The summed E-state index contributed by atoms with van der Waals surface area (Å²) in [5.74, 6) is -0.624. The zero-order valence-electron chi connectivity index (χ0n) is 41.2. The molecule has 0 aromatic carbocycles. The molecule has 0 saturated heterocycles. The molecule has 0 aromatic rings. The molecule has 0 N–H and O–H groups in total. The van der Waals surface area contributed by atoms with Crippen LogP contribution < -0.4 is 0 Å². The summed E-state index contributed by atoms with van der Waals surface area (Å²) in [6.45, 7) is 7.39. The predicted octanol–water partition coefficient (Wildman–Crippen LogP) is 17.6. The maximum atomic E-state index is 12.7. The predicted molar refractivity (Wildman–Crippen MR) is 278 cm³/mol. The summed E-state index contributed by atoms with van der Waals surface area (Å²) in [6, 6.07) is 0. The molecule has 0 aliphatic carbocycles. The van der Waals surface area contributed by atoms with Crippen LogP contribution in [0.4, 0.5) is 0 Å². The maximum Gasteiger partial charge on any atom is 0.310 e. The number of hydrogen-bond donors (Lipinski definition) is 0. The molecular weight excluding hydrogens is 789 g/mol. The van der Waals surface area contributed by atoms with Crippen molar-refractivity contribution >= 4 is 11.9 Å². The molecule has 360 valence electrons. The van der Waals surface area contributed by atoms with Crippen LogP contribution >= 0.6 is 0 Å². The van der Waals surface area contributed by atoms with Gasteiger partial charge in [-0.1, -0.05) is 212 Å². The molecule has 5 nitrogen and oxygen atoms in total. The second-order valence-corrected chi connectivity index (χ2v) is 16.3. The lowest BCUT2D eigenvalue weighted by molar-refractivity contribution is -0.162. The monoisotopic (exact) mass is 883 g/mol. The van der Waals surface area contributed by atoms with Crippen molar-refractivity contribution in [1.82, 2.24) is 0 Å². The van der Waals surface area contributed by atoms with Gasteiger partial charge in [-0.25, -0.2) is 0 Å². The number of carbonyl (C=O) groups excluding carboxylic acids is 2. The third-order valence-corrected chi connectivity index (χ3v) is 10.2. The van der Waals surface area contributed by atoms with Crippen LogP contribution in [0.2, 0.25) is 0 Å². The Labute approximate surface area is 394 Å². The highest BCUT2D eigenvalue weighted by molar-refractivity contribution is 5.71. The first-order valence-corrected chi connectivity index (χ1v) is 25.7. The van der Waals surface area contributed by atoms with Gasteiger partial charge in [0.25, 0.3) is 0 Å². The fraction of sp³-hybridized carbons (Fsp3) is 0.593. The largest absolute Gasteiger partial charge is 0.462 e. The van der Waals surface area contributed by atoms with Gasteiger partial charge in [-0.2, -0.15) is 0 Å². The summed E-state index contributed by atoms with van der Waals surface area (Å²) in [6.07, 6.45) is 76.3. The molecule has 5 heteroatoms. The van der Waals surface area contributed by atoms with E-state index in [1.165, 1.54) is 77.0 Å². The van der Waals surface area contributed by atoms with E-state index in [0.717, 1.165) is 83.5 Å². The third kappa shape index (κ3) is 50.7. The van der Waals surface area contributed by atoms with E-state index in [4.69, 9.17) is 14.2 Å². The van der Waals surface area contributed by atoms with Gasteiger partial charge < -0.3 is 14.2 Å². The van der Waals surface area contributed by atoms with Crippen LogP contribution in [0.5, 0.6) is 0 Å². The minimum absolute atomic E-state index is 0.00527. The Bertz CT molecular complexity index is 1370. The summed E-state index contributed by atoms with van der Waals surface area (Å²) < 4.78 is 17.2. The Hall–Kier alpha value is -3.96. The number of rotatable bonds is 45. The fourth-order valence-corrected chi connectivity index (χ4v) is 6.44. The van der Waals surface area contributed by atoms with Gasteiger partial charge in [0.15, 0.2) is 6.10 Å². The zero-order chi connectivity index (χ0) is 46.3. The summed E-state index contributed by atoms with van der Waals surface area (Å²) in [5, 5.41) is 0. The number of hydrogen-bond acceptors (Lipinski definition) is 5. The Morgan fingerprint density at radius 3 is 1.22 bits per heavy atom.